The van der Waals surface area contributed by atoms with Crippen LogP contribution in [0.1, 0.15) is 11.1 Å². The molecular formula is C21H15FO4. The van der Waals surface area contributed by atoms with Crippen molar-refractivity contribution in [2.75, 3.05) is 0 Å². The van der Waals surface area contributed by atoms with E-state index in [4.69, 9.17) is 13.6 Å². The smallest absolute Gasteiger partial charge is 0.235 e. The lowest BCUT2D eigenvalue weighted by atomic mass is 10.1. The van der Waals surface area contributed by atoms with Crippen LogP contribution in [-0.2, 0) is 6.61 Å². The van der Waals surface area contributed by atoms with Crippen molar-refractivity contribution >= 4 is 11.0 Å². The van der Waals surface area contributed by atoms with Crippen LogP contribution >= 0.6 is 0 Å². The van der Waals surface area contributed by atoms with Crippen LogP contribution in [0.3, 0.4) is 0 Å². The predicted octanol–water partition coefficient (Wildman–Crippen LogP) is 5.08. The van der Waals surface area contributed by atoms with Gasteiger partial charge in [-0.3, -0.25) is 4.79 Å². The average Bonchev–Trinajstić information content (AvgIpc) is 3.17. The third-order valence-electron chi connectivity index (χ3n) is 4.08. The Hall–Kier alpha value is -3.34. The van der Waals surface area contributed by atoms with Gasteiger partial charge in [-0.15, -0.1) is 0 Å². The fourth-order valence-electron chi connectivity index (χ4n) is 2.76. The van der Waals surface area contributed by atoms with E-state index < -0.39 is 5.82 Å². The molecule has 4 rings (SSSR count). The van der Waals surface area contributed by atoms with Crippen LogP contribution in [0.25, 0.3) is 22.5 Å². The predicted molar refractivity (Wildman–Crippen MR) is 95.7 cm³/mol. The van der Waals surface area contributed by atoms with Crippen molar-refractivity contribution in [2.45, 2.75) is 13.5 Å². The van der Waals surface area contributed by atoms with Crippen molar-refractivity contribution in [1.82, 2.24) is 0 Å². The molecule has 0 spiro atoms. The topological polar surface area (TPSA) is 52.6 Å². The highest BCUT2D eigenvalue weighted by atomic mass is 19.1. The molecule has 130 valence electrons. The number of furan rings is 1. The lowest BCUT2D eigenvalue weighted by Crippen LogP contribution is -2.11. The molecule has 0 unspecified atom stereocenters. The highest BCUT2D eigenvalue weighted by molar-refractivity contribution is 5.81. The van der Waals surface area contributed by atoms with Crippen molar-refractivity contribution in [3.05, 3.63) is 88.0 Å². The summed E-state index contributed by atoms with van der Waals surface area (Å²) in [4.78, 5) is 13.0. The highest BCUT2D eigenvalue weighted by Crippen LogP contribution is 2.32. The van der Waals surface area contributed by atoms with Crippen LogP contribution in [0.5, 0.6) is 5.75 Å². The van der Waals surface area contributed by atoms with Gasteiger partial charge in [-0.25, -0.2) is 4.39 Å². The van der Waals surface area contributed by atoms with E-state index in [1.807, 2.05) is 13.0 Å². The molecule has 0 saturated carbocycles. The minimum atomic E-state index is -0.395. The molecule has 4 nitrogen and oxygen atoms in total. The second kappa shape index (κ2) is 6.52. The van der Waals surface area contributed by atoms with Gasteiger partial charge in [0.15, 0.2) is 5.76 Å². The Kier molecular flexibility index (Phi) is 4.05. The van der Waals surface area contributed by atoms with Crippen LogP contribution < -0.4 is 10.2 Å². The lowest BCUT2D eigenvalue weighted by molar-refractivity contribution is 0.290. The zero-order chi connectivity index (χ0) is 18.1. The molecule has 0 radical (unpaired) electrons. The number of benzene rings is 2. The van der Waals surface area contributed by atoms with E-state index in [9.17, 15) is 9.18 Å². The van der Waals surface area contributed by atoms with Crippen molar-refractivity contribution in [1.29, 1.82) is 0 Å². The van der Waals surface area contributed by atoms with Gasteiger partial charge in [0, 0.05) is 5.56 Å². The number of hydrogen-bond acceptors (Lipinski definition) is 4. The summed E-state index contributed by atoms with van der Waals surface area (Å²) in [6.45, 7) is 1.79. The van der Waals surface area contributed by atoms with Crippen LogP contribution in [0, 0.1) is 12.7 Å². The van der Waals surface area contributed by atoms with E-state index in [-0.39, 0.29) is 23.5 Å². The number of ether oxygens (including phenoxy) is 1. The standard InChI is InChI=1S/C21H15FO4/c1-13-8-9-17-15(11-13)19(23)21(20(26-17)18-7-4-10-24-18)25-12-14-5-2-3-6-16(14)22/h2-11H,12H2,1H3. The maximum absolute atomic E-state index is 13.9. The first-order chi connectivity index (χ1) is 12.6. The molecule has 0 saturated heterocycles. The summed E-state index contributed by atoms with van der Waals surface area (Å²) in [6, 6.07) is 15.0. The molecule has 5 heteroatoms. The molecule has 26 heavy (non-hydrogen) atoms. The summed E-state index contributed by atoms with van der Waals surface area (Å²) in [5, 5.41) is 0.406. The van der Waals surface area contributed by atoms with E-state index in [1.165, 1.54) is 12.3 Å². The van der Waals surface area contributed by atoms with Gasteiger partial charge in [0.05, 0.1) is 11.6 Å². The number of halogens is 1. The number of hydrogen-bond donors (Lipinski definition) is 0. The molecule has 4 aromatic rings. The summed E-state index contributed by atoms with van der Waals surface area (Å²) in [6.07, 6.45) is 1.48. The molecule has 0 fully saturated rings. The maximum Gasteiger partial charge on any atom is 0.235 e. The summed E-state index contributed by atoms with van der Waals surface area (Å²) in [5.41, 5.74) is 1.39. The molecule has 0 N–H and O–H groups in total. The third kappa shape index (κ3) is 2.88. The third-order valence-corrected chi connectivity index (χ3v) is 4.08. The molecule has 0 atom stereocenters. The molecule has 2 aromatic heterocycles. The number of fused-ring (bicyclic) bond motifs is 1. The summed E-state index contributed by atoms with van der Waals surface area (Å²) < 4.78 is 30.8. The Bertz CT molecular complexity index is 1130. The summed E-state index contributed by atoms with van der Waals surface area (Å²) in [7, 11) is 0. The van der Waals surface area contributed by atoms with E-state index in [2.05, 4.69) is 0 Å². The summed E-state index contributed by atoms with van der Waals surface area (Å²) in [5.74, 6) is 0.162. The van der Waals surface area contributed by atoms with E-state index in [1.54, 1.807) is 42.5 Å². The molecular weight excluding hydrogens is 335 g/mol. The second-order valence-electron chi connectivity index (χ2n) is 5.95. The van der Waals surface area contributed by atoms with Crippen molar-refractivity contribution in [3.8, 4) is 17.3 Å². The van der Waals surface area contributed by atoms with Crippen LogP contribution in [0.4, 0.5) is 4.39 Å². The Morgan fingerprint density at radius 3 is 2.69 bits per heavy atom. The first-order valence-electron chi connectivity index (χ1n) is 8.11. The number of rotatable bonds is 4. The van der Waals surface area contributed by atoms with Crippen molar-refractivity contribution in [2.24, 2.45) is 0 Å². The Labute approximate surface area is 148 Å². The van der Waals surface area contributed by atoms with Gasteiger partial charge in [-0.1, -0.05) is 29.8 Å². The fourth-order valence-corrected chi connectivity index (χ4v) is 2.76. The van der Waals surface area contributed by atoms with E-state index in [0.717, 1.165) is 5.56 Å². The maximum atomic E-state index is 13.9. The van der Waals surface area contributed by atoms with Gasteiger partial charge < -0.3 is 13.6 Å². The normalized spacial score (nSPS) is 11.0. The van der Waals surface area contributed by atoms with Crippen LogP contribution in [0.2, 0.25) is 0 Å². The van der Waals surface area contributed by atoms with E-state index in [0.29, 0.717) is 22.3 Å². The zero-order valence-electron chi connectivity index (χ0n) is 14.0. The second-order valence-corrected chi connectivity index (χ2v) is 5.95. The van der Waals surface area contributed by atoms with Gasteiger partial charge in [-0.05, 0) is 37.3 Å². The first kappa shape index (κ1) is 16.1. The van der Waals surface area contributed by atoms with Gasteiger partial charge in [0.2, 0.25) is 16.9 Å². The van der Waals surface area contributed by atoms with Gasteiger partial charge in [0.25, 0.3) is 0 Å². The minimum Gasteiger partial charge on any atom is -0.481 e. The lowest BCUT2D eigenvalue weighted by Gasteiger charge is -2.11. The van der Waals surface area contributed by atoms with Crippen molar-refractivity contribution in [3.63, 3.8) is 0 Å². The van der Waals surface area contributed by atoms with Crippen LogP contribution in [0.15, 0.2) is 74.5 Å². The Morgan fingerprint density at radius 1 is 1.08 bits per heavy atom. The highest BCUT2D eigenvalue weighted by Gasteiger charge is 2.20. The zero-order valence-corrected chi connectivity index (χ0v) is 14.0. The largest absolute Gasteiger partial charge is 0.481 e. The molecule has 0 aliphatic heterocycles. The quantitative estimate of drug-likeness (QED) is 0.515. The molecule has 0 aliphatic rings. The SMILES string of the molecule is Cc1ccc2oc(-c3ccco3)c(OCc3ccccc3F)c(=O)c2c1. The summed E-state index contributed by atoms with van der Waals surface area (Å²) >= 11 is 0. The average molecular weight is 350 g/mol. The van der Waals surface area contributed by atoms with Gasteiger partial charge in [0.1, 0.15) is 18.0 Å². The Balaban J connectivity index is 1.85. The molecule has 0 bridgehead atoms. The van der Waals surface area contributed by atoms with Crippen LogP contribution in [-0.4, -0.2) is 0 Å². The minimum absolute atomic E-state index is 0.00121. The van der Waals surface area contributed by atoms with Crippen molar-refractivity contribution < 1.29 is 18.0 Å². The van der Waals surface area contributed by atoms with E-state index >= 15 is 0 Å². The molecule has 2 aromatic carbocycles. The first-order valence-corrected chi connectivity index (χ1v) is 8.11. The van der Waals surface area contributed by atoms with Gasteiger partial charge in [-0.2, -0.15) is 0 Å². The molecule has 0 amide bonds. The van der Waals surface area contributed by atoms with Gasteiger partial charge >= 0.3 is 0 Å². The Morgan fingerprint density at radius 2 is 1.92 bits per heavy atom. The molecule has 2 heterocycles. The fraction of sp³-hybridized carbons (Fsp3) is 0.0952. The number of aryl methyl sites for hydroxylation is 1. The molecule has 0 aliphatic carbocycles. The monoisotopic (exact) mass is 350 g/mol.